The Balaban J connectivity index is 2.24. The van der Waals surface area contributed by atoms with E-state index >= 15 is 0 Å². The Morgan fingerprint density at radius 1 is 1.40 bits per heavy atom. The average Bonchev–Trinajstić information content (AvgIpc) is 2.33. The standard InChI is InChI=1S/C14H21BN2O3/c1-14(2,3)20-13(19)17-6-5-11-9(8-17)7-10(15)12(18)16(11)4/h7H,5-6,8,15H2,1-4H3. The summed E-state index contributed by atoms with van der Waals surface area (Å²) in [5, 5.41) is 0. The van der Waals surface area contributed by atoms with Crippen LogP contribution in [0.3, 0.4) is 0 Å². The van der Waals surface area contributed by atoms with Crippen LogP contribution in [0.4, 0.5) is 4.79 Å². The van der Waals surface area contributed by atoms with Gasteiger partial charge in [0.15, 0.2) is 0 Å². The lowest BCUT2D eigenvalue weighted by Crippen LogP contribution is -2.44. The van der Waals surface area contributed by atoms with Crippen LogP contribution in [-0.4, -0.2) is 35.6 Å². The van der Waals surface area contributed by atoms with E-state index in [2.05, 4.69) is 0 Å². The number of fused-ring (bicyclic) bond motifs is 1. The van der Waals surface area contributed by atoms with Crippen LogP contribution in [0.5, 0.6) is 0 Å². The zero-order chi connectivity index (χ0) is 15.1. The molecule has 0 radical (unpaired) electrons. The Bertz CT molecular complexity index is 602. The van der Waals surface area contributed by atoms with Gasteiger partial charge >= 0.3 is 6.09 Å². The minimum absolute atomic E-state index is 0.0365. The third kappa shape index (κ3) is 2.89. The van der Waals surface area contributed by atoms with E-state index in [4.69, 9.17) is 4.74 Å². The van der Waals surface area contributed by atoms with Gasteiger partial charge in [-0.3, -0.25) is 4.79 Å². The van der Waals surface area contributed by atoms with Crippen LogP contribution in [-0.2, 0) is 24.8 Å². The van der Waals surface area contributed by atoms with Crippen molar-refractivity contribution >= 4 is 19.4 Å². The van der Waals surface area contributed by atoms with Crippen LogP contribution < -0.4 is 11.0 Å². The first-order chi connectivity index (χ1) is 9.19. The van der Waals surface area contributed by atoms with Crippen LogP contribution in [0.25, 0.3) is 0 Å². The molecule has 0 aliphatic carbocycles. The molecule has 1 aliphatic heterocycles. The van der Waals surface area contributed by atoms with Gasteiger partial charge in [-0.25, -0.2) is 4.79 Å². The number of ether oxygens (including phenoxy) is 1. The molecule has 1 aromatic heterocycles. The molecule has 2 rings (SSSR count). The van der Waals surface area contributed by atoms with E-state index < -0.39 is 5.60 Å². The second-order valence-corrected chi connectivity index (χ2v) is 6.32. The summed E-state index contributed by atoms with van der Waals surface area (Å²) in [6.45, 7) is 6.65. The second kappa shape index (κ2) is 5.00. The number of hydrogen-bond donors (Lipinski definition) is 0. The Kier molecular flexibility index (Phi) is 3.67. The van der Waals surface area contributed by atoms with Crippen molar-refractivity contribution in [1.82, 2.24) is 9.47 Å². The van der Waals surface area contributed by atoms with Crippen molar-refractivity contribution in [2.75, 3.05) is 6.54 Å². The summed E-state index contributed by atoms with van der Waals surface area (Å²) in [6.07, 6.45) is 0.385. The van der Waals surface area contributed by atoms with Crippen LogP contribution >= 0.6 is 0 Å². The first-order valence-corrected chi connectivity index (χ1v) is 6.85. The Morgan fingerprint density at radius 2 is 2.05 bits per heavy atom. The predicted octanol–water partition coefficient (Wildman–Crippen LogP) is -0.0631. The number of rotatable bonds is 0. The van der Waals surface area contributed by atoms with E-state index in [1.54, 1.807) is 24.4 Å². The summed E-state index contributed by atoms with van der Waals surface area (Å²) >= 11 is 0. The van der Waals surface area contributed by atoms with E-state index in [1.165, 1.54) is 0 Å². The maximum atomic E-state index is 12.1. The third-order valence-electron chi connectivity index (χ3n) is 3.44. The van der Waals surface area contributed by atoms with Crippen molar-refractivity contribution in [3.8, 4) is 0 Å². The zero-order valence-corrected chi connectivity index (χ0v) is 12.8. The summed E-state index contributed by atoms with van der Waals surface area (Å²) in [5.74, 6) is 0. The SMILES string of the molecule is Bc1cc2c(n(C)c1=O)CCN(C(=O)OC(C)(C)C)C2. The van der Waals surface area contributed by atoms with E-state index in [-0.39, 0.29) is 11.7 Å². The molecule has 2 heterocycles. The summed E-state index contributed by atoms with van der Waals surface area (Å²) < 4.78 is 7.09. The van der Waals surface area contributed by atoms with Gasteiger partial charge in [-0.1, -0.05) is 6.07 Å². The van der Waals surface area contributed by atoms with Gasteiger partial charge in [0.25, 0.3) is 0 Å². The molecule has 0 fully saturated rings. The highest BCUT2D eigenvalue weighted by Gasteiger charge is 2.27. The molecule has 1 amide bonds. The lowest BCUT2D eigenvalue weighted by atomic mass is 9.93. The van der Waals surface area contributed by atoms with E-state index in [1.807, 2.05) is 26.8 Å². The van der Waals surface area contributed by atoms with Gasteiger partial charge in [-0.05, 0) is 31.8 Å². The highest BCUT2D eigenvalue weighted by molar-refractivity contribution is 6.32. The zero-order valence-electron chi connectivity index (χ0n) is 12.8. The van der Waals surface area contributed by atoms with E-state index in [9.17, 15) is 9.59 Å². The quantitative estimate of drug-likeness (QED) is 0.624. The summed E-state index contributed by atoms with van der Waals surface area (Å²) in [4.78, 5) is 25.7. The van der Waals surface area contributed by atoms with Crippen molar-refractivity contribution in [2.45, 2.75) is 39.3 Å². The average molecular weight is 276 g/mol. The molecule has 6 heteroatoms. The molecule has 0 saturated heterocycles. The fourth-order valence-electron chi connectivity index (χ4n) is 2.48. The summed E-state index contributed by atoms with van der Waals surface area (Å²) in [5.41, 5.74) is 2.30. The molecule has 1 aliphatic rings. The fraction of sp³-hybridized carbons (Fsp3) is 0.571. The molecule has 0 saturated carbocycles. The maximum absolute atomic E-state index is 12.1. The lowest BCUT2D eigenvalue weighted by molar-refractivity contribution is 0.0221. The Morgan fingerprint density at radius 3 is 2.65 bits per heavy atom. The predicted molar refractivity (Wildman–Crippen MR) is 80.2 cm³/mol. The molecule has 5 nitrogen and oxygen atoms in total. The molecular weight excluding hydrogens is 255 g/mol. The minimum Gasteiger partial charge on any atom is -0.444 e. The second-order valence-electron chi connectivity index (χ2n) is 6.32. The highest BCUT2D eigenvalue weighted by Crippen LogP contribution is 2.19. The van der Waals surface area contributed by atoms with Gasteiger partial charge in [-0.2, -0.15) is 0 Å². The van der Waals surface area contributed by atoms with Crippen molar-refractivity contribution in [3.05, 3.63) is 27.7 Å². The fourth-order valence-corrected chi connectivity index (χ4v) is 2.48. The molecule has 0 atom stereocenters. The molecule has 0 aromatic carbocycles. The molecule has 0 bridgehead atoms. The Hall–Kier alpha value is -1.72. The van der Waals surface area contributed by atoms with Gasteiger partial charge in [0.05, 0.1) is 6.54 Å². The molecule has 0 spiro atoms. The molecular formula is C14H21BN2O3. The molecule has 0 N–H and O–H groups in total. The first kappa shape index (κ1) is 14.7. The van der Waals surface area contributed by atoms with Gasteiger partial charge in [0.1, 0.15) is 13.4 Å². The summed E-state index contributed by atoms with van der Waals surface area (Å²) in [6, 6.07) is 1.88. The number of nitrogens with zero attached hydrogens (tertiary/aromatic N) is 2. The van der Waals surface area contributed by atoms with Gasteiger partial charge in [0.2, 0.25) is 5.56 Å². The van der Waals surface area contributed by atoms with Gasteiger partial charge in [0, 0.05) is 25.7 Å². The number of aromatic nitrogens is 1. The van der Waals surface area contributed by atoms with Crippen LogP contribution in [0.1, 0.15) is 32.0 Å². The topological polar surface area (TPSA) is 51.5 Å². The number of carbonyl (C=O) groups excluding carboxylic acids is 1. The van der Waals surface area contributed by atoms with Crippen molar-refractivity contribution in [1.29, 1.82) is 0 Å². The molecule has 1 aromatic rings. The normalized spacial score (nSPS) is 14.9. The summed E-state index contributed by atoms with van der Waals surface area (Å²) in [7, 11) is 3.59. The van der Waals surface area contributed by atoms with Crippen molar-refractivity contribution in [2.24, 2.45) is 7.05 Å². The van der Waals surface area contributed by atoms with E-state index in [0.717, 1.165) is 11.3 Å². The smallest absolute Gasteiger partial charge is 0.410 e. The van der Waals surface area contributed by atoms with Crippen LogP contribution in [0.2, 0.25) is 0 Å². The number of amides is 1. The highest BCUT2D eigenvalue weighted by atomic mass is 16.6. The molecule has 0 unspecified atom stereocenters. The largest absolute Gasteiger partial charge is 0.444 e. The third-order valence-corrected chi connectivity index (χ3v) is 3.44. The van der Waals surface area contributed by atoms with Crippen molar-refractivity contribution < 1.29 is 9.53 Å². The number of carbonyl (C=O) groups is 1. The maximum Gasteiger partial charge on any atom is 0.410 e. The van der Waals surface area contributed by atoms with Gasteiger partial charge in [-0.15, -0.1) is 0 Å². The molecule has 20 heavy (non-hydrogen) atoms. The lowest BCUT2D eigenvalue weighted by Gasteiger charge is -2.32. The Labute approximate surface area is 119 Å². The number of pyridine rings is 1. The van der Waals surface area contributed by atoms with Crippen LogP contribution in [0.15, 0.2) is 10.9 Å². The monoisotopic (exact) mass is 276 g/mol. The van der Waals surface area contributed by atoms with E-state index in [0.29, 0.717) is 25.0 Å². The molecule has 108 valence electrons. The first-order valence-electron chi connectivity index (χ1n) is 6.85. The number of hydrogen-bond acceptors (Lipinski definition) is 3. The minimum atomic E-state index is -0.489. The van der Waals surface area contributed by atoms with Gasteiger partial charge < -0.3 is 14.2 Å². The van der Waals surface area contributed by atoms with Crippen LogP contribution in [0, 0.1) is 0 Å². The van der Waals surface area contributed by atoms with Crippen molar-refractivity contribution in [3.63, 3.8) is 0 Å².